The zero-order chi connectivity index (χ0) is 27.0. The van der Waals surface area contributed by atoms with Gasteiger partial charge >= 0.3 is 23.9 Å². The number of carbonyl (C=O) groups excluding carboxylic acids is 3. The van der Waals surface area contributed by atoms with Crippen LogP contribution in [0.3, 0.4) is 0 Å². The minimum Gasteiger partial charge on any atom is -0.481 e. The molecule has 0 atom stereocenters. The Bertz CT molecular complexity index is 645. The Hall–Kier alpha value is -2.38. The molecular weight excluding hydrogens is 428 g/mol. The van der Waals surface area contributed by atoms with Crippen molar-refractivity contribution in [2.24, 2.45) is 16.2 Å². The van der Waals surface area contributed by atoms with Crippen LogP contribution < -0.4 is 0 Å². The smallest absolute Gasteiger partial charge is 0.333 e. The summed E-state index contributed by atoms with van der Waals surface area (Å²) in [6.07, 6.45) is 2.21. The zero-order valence-electron chi connectivity index (χ0n) is 22.5. The van der Waals surface area contributed by atoms with E-state index in [9.17, 15) is 19.2 Å². The Morgan fingerprint density at radius 2 is 1.09 bits per heavy atom. The molecule has 0 radical (unpaired) electrons. The number of hydrogen-bond acceptors (Lipinski definition) is 7. The quantitative estimate of drug-likeness (QED) is 0.199. The number of aliphatic carboxylic acids is 1. The normalized spacial score (nSPS) is 11.0. The van der Waals surface area contributed by atoms with Crippen LogP contribution in [0.1, 0.15) is 88.5 Å². The Kier molecular flexibility index (Phi) is 17.4. The average molecular weight is 475 g/mol. The van der Waals surface area contributed by atoms with Gasteiger partial charge in [-0.25, -0.2) is 4.79 Å². The van der Waals surface area contributed by atoms with Gasteiger partial charge in [0, 0.05) is 5.57 Å². The molecule has 8 nitrogen and oxygen atoms in total. The summed E-state index contributed by atoms with van der Waals surface area (Å²) in [5.74, 6) is -1.60. The summed E-state index contributed by atoms with van der Waals surface area (Å²) < 4.78 is 14.3. The Morgan fingerprint density at radius 1 is 0.727 bits per heavy atom. The minimum absolute atomic E-state index is 0.0667. The van der Waals surface area contributed by atoms with Gasteiger partial charge in [-0.15, -0.1) is 0 Å². The van der Waals surface area contributed by atoms with Crippen LogP contribution in [0.2, 0.25) is 0 Å². The molecule has 0 aliphatic carbocycles. The monoisotopic (exact) mass is 474 g/mol. The van der Waals surface area contributed by atoms with Gasteiger partial charge in [0.05, 0.1) is 23.4 Å². The molecular formula is C25H46O8. The molecule has 0 unspecified atom stereocenters. The van der Waals surface area contributed by atoms with Crippen molar-refractivity contribution in [3.8, 4) is 0 Å². The largest absolute Gasteiger partial charge is 0.481 e. The Morgan fingerprint density at radius 3 is 1.33 bits per heavy atom. The number of methoxy groups -OCH3 is 1. The van der Waals surface area contributed by atoms with Crippen LogP contribution in [0.5, 0.6) is 0 Å². The molecule has 0 aromatic heterocycles. The van der Waals surface area contributed by atoms with Crippen LogP contribution in [-0.4, -0.2) is 49.3 Å². The number of carboxylic acid groups (broad SMARTS) is 1. The summed E-state index contributed by atoms with van der Waals surface area (Å²) in [5, 5.41) is 8.44. The average Bonchev–Trinajstić information content (AvgIpc) is 2.76. The predicted molar refractivity (Wildman–Crippen MR) is 129 cm³/mol. The number of carbonyl (C=O) groups is 4. The summed E-state index contributed by atoms with van der Waals surface area (Å²) in [6.45, 7) is 21.7. The molecule has 0 bridgehead atoms. The molecule has 0 heterocycles. The molecule has 0 fully saturated rings. The standard InChI is InChI=1S/C12H20O4.C7H14O2.C6H12O2/c1-6-12(4,5)11(14)16-8-7-15-10(13)9(2)3;1-5-7(2,3)6(8)9-4;1-4-6(2,3)5(7)8/h2,6-8H2,1,3-5H3;5H2,1-4H3;4H2,1-3H3,(H,7,8). The predicted octanol–water partition coefficient (Wildman–Crippen LogP) is 5.19. The van der Waals surface area contributed by atoms with Crippen molar-refractivity contribution in [2.75, 3.05) is 20.3 Å². The lowest BCUT2D eigenvalue weighted by Gasteiger charge is -2.20. The van der Waals surface area contributed by atoms with Gasteiger partial charge in [-0.3, -0.25) is 14.4 Å². The fourth-order valence-electron chi connectivity index (χ4n) is 1.30. The van der Waals surface area contributed by atoms with Crippen molar-refractivity contribution in [3.05, 3.63) is 12.2 Å². The highest BCUT2D eigenvalue weighted by molar-refractivity contribution is 5.86. The van der Waals surface area contributed by atoms with Crippen LogP contribution in [-0.2, 0) is 33.4 Å². The van der Waals surface area contributed by atoms with E-state index in [4.69, 9.17) is 14.6 Å². The number of ether oxygens (including phenoxy) is 3. The first-order chi connectivity index (χ1) is 14.9. The molecule has 0 aromatic carbocycles. The lowest BCUT2D eigenvalue weighted by atomic mass is 9.91. The summed E-state index contributed by atoms with van der Waals surface area (Å²) in [4.78, 5) is 43.6. The van der Waals surface area contributed by atoms with E-state index >= 15 is 0 Å². The molecule has 8 heteroatoms. The number of rotatable bonds is 10. The van der Waals surface area contributed by atoms with E-state index in [1.807, 2.05) is 48.5 Å². The van der Waals surface area contributed by atoms with E-state index in [-0.39, 0.29) is 30.6 Å². The van der Waals surface area contributed by atoms with E-state index in [2.05, 4.69) is 11.3 Å². The van der Waals surface area contributed by atoms with Crippen molar-refractivity contribution in [2.45, 2.75) is 88.5 Å². The van der Waals surface area contributed by atoms with E-state index in [0.717, 1.165) is 6.42 Å². The molecule has 0 amide bonds. The third-order valence-electron chi connectivity index (χ3n) is 5.42. The Labute approximate surface area is 200 Å². The van der Waals surface area contributed by atoms with Crippen LogP contribution in [0.15, 0.2) is 12.2 Å². The topological polar surface area (TPSA) is 116 Å². The van der Waals surface area contributed by atoms with Gasteiger partial charge in [0.2, 0.25) is 0 Å². The molecule has 0 saturated carbocycles. The molecule has 0 aromatic rings. The van der Waals surface area contributed by atoms with E-state index in [1.54, 1.807) is 20.8 Å². The maximum Gasteiger partial charge on any atom is 0.333 e. The first-order valence-electron chi connectivity index (χ1n) is 11.2. The van der Waals surface area contributed by atoms with Gasteiger partial charge < -0.3 is 19.3 Å². The Balaban J connectivity index is -0.000000449. The number of carboxylic acids is 1. The lowest BCUT2D eigenvalue weighted by Crippen LogP contribution is -2.27. The lowest BCUT2D eigenvalue weighted by molar-refractivity contribution is -0.158. The fourth-order valence-corrected chi connectivity index (χ4v) is 1.30. The second-order valence-electron chi connectivity index (χ2n) is 9.56. The second kappa shape index (κ2) is 16.3. The number of esters is 3. The molecule has 0 aliphatic rings. The number of hydrogen-bond donors (Lipinski definition) is 1. The van der Waals surface area contributed by atoms with Crippen molar-refractivity contribution in [1.29, 1.82) is 0 Å². The van der Waals surface area contributed by atoms with Crippen molar-refractivity contribution in [3.63, 3.8) is 0 Å². The van der Waals surface area contributed by atoms with Gasteiger partial charge in [0.1, 0.15) is 13.2 Å². The van der Waals surface area contributed by atoms with Gasteiger partial charge in [-0.2, -0.15) is 0 Å². The van der Waals surface area contributed by atoms with Crippen LogP contribution >= 0.6 is 0 Å². The third kappa shape index (κ3) is 16.0. The van der Waals surface area contributed by atoms with Gasteiger partial charge in [-0.1, -0.05) is 27.4 Å². The maximum absolute atomic E-state index is 11.5. The maximum atomic E-state index is 11.5. The molecule has 0 aliphatic heterocycles. The highest BCUT2D eigenvalue weighted by Crippen LogP contribution is 2.21. The zero-order valence-corrected chi connectivity index (χ0v) is 22.5. The fraction of sp³-hybridized carbons (Fsp3) is 0.760. The molecule has 0 saturated heterocycles. The highest BCUT2D eigenvalue weighted by atomic mass is 16.6. The molecule has 194 valence electrons. The molecule has 1 N–H and O–H groups in total. The summed E-state index contributed by atoms with van der Waals surface area (Å²) in [6, 6.07) is 0. The van der Waals surface area contributed by atoms with E-state index in [1.165, 1.54) is 7.11 Å². The van der Waals surface area contributed by atoms with Crippen molar-refractivity contribution < 1.29 is 38.5 Å². The summed E-state index contributed by atoms with van der Waals surface area (Å²) >= 11 is 0. The molecule has 0 rings (SSSR count). The minimum atomic E-state index is -0.722. The van der Waals surface area contributed by atoms with Crippen LogP contribution in [0.4, 0.5) is 0 Å². The SMILES string of the molecule is C=C(C)C(=O)OCCOC(=O)C(C)(C)CC.CCC(C)(C)C(=O)O.CCC(C)(C)C(=O)OC. The molecule has 33 heavy (non-hydrogen) atoms. The first kappa shape index (κ1) is 35.2. The highest BCUT2D eigenvalue weighted by Gasteiger charge is 2.27. The van der Waals surface area contributed by atoms with E-state index < -0.39 is 22.8 Å². The van der Waals surface area contributed by atoms with Gasteiger partial charge in [-0.05, 0) is 67.7 Å². The van der Waals surface area contributed by atoms with Gasteiger partial charge in [0.15, 0.2) is 0 Å². The van der Waals surface area contributed by atoms with Crippen molar-refractivity contribution in [1.82, 2.24) is 0 Å². The summed E-state index contributed by atoms with van der Waals surface area (Å²) in [5.41, 5.74) is -1.01. The van der Waals surface area contributed by atoms with Crippen molar-refractivity contribution >= 4 is 23.9 Å². The summed E-state index contributed by atoms with van der Waals surface area (Å²) in [7, 11) is 1.42. The third-order valence-corrected chi connectivity index (χ3v) is 5.42. The van der Waals surface area contributed by atoms with Crippen LogP contribution in [0.25, 0.3) is 0 Å². The van der Waals surface area contributed by atoms with Gasteiger partial charge in [0.25, 0.3) is 0 Å². The van der Waals surface area contributed by atoms with E-state index in [0.29, 0.717) is 18.4 Å². The first-order valence-corrected chi connectivity index (χ1v) is 11.2. The second-order valence-corrected chi connectivity index (χ2v) is 9.56. The van der Waals surface area contributed by atoms with Crippen LogP contribution in [0, 0.1) is 16.2 Å². The molecule has 0 spiro atoms.